The van der Waals surface area contributed by atoms with Crippen molar-refractivity contribution < 1.29 is 73.8 Å². The molecule has 0 amide bonds. The third-order valence-electron chi connectivity index (χ3n) is 12.8. The fourth-order valence-electron chi connectivity index (χ4n) is 8.33. The van der Waals surface area contributed by atoms with Gasteiger partial charge in [-0.25, -0.2) is 0 Å². The number of aliphatic hydroxyl groups is 7. The minimum atomic E-state index is -1.77. The molecule has 0 radical (unpaired) electrons. The van der Waals surface area contributed by atoms with Crippen molar-refractivity contribution in [2.45, 2.75) is 261 Å². The second-order valence-electron chi connectivity index (χ2n) is 19.1. The van der Waals surface area contributed by atoms with Gasteiger partial charge in [0.1, 0.15) is 55.4 Å². The number of carbonyl (C=O) groups excluding carboxylic acids is 2. The van der Waals surface area contributed by atoms with Crippen LogP contribution in [0.5, 0.6) is 0 Å². The third-order valence-corrected chi connectivity index (χ3v) is 12.8. The van der Waals surface area contributed by atoms with Crippen molar-refractivity contribution in [1.82, 2.24) is 0 Å². The van der Waals surface area contributed by atoms with E-state index in [9.17, 15) is 45.3 Å². The van der Waals surface area contributed by atoms with Gasteiger partial charge >= 0.3 is 11.9 Å². The van der Waals surface area contributed by atoms with Gasteiger partial charge in [0.05, 0.1) is 19.8 Å². The summed E-state index contributed by atoms with van der Waals surface area (Å²) in [5.41, 5.74) is 0. The zero-order valence-electron chi connectivity index (χ0n) is 43.0. The monoisotopic (exact) mass is 997 g/mol. The Hall–Kier alpha value is -2.54. The van der Waals surface area contributed by atoms with Crippen LogP contribution in [0.1, 0.15) is 194 Å². The van der Waals surface area contributed by atoms with Crippen LogP contribution in [0.25, 0.3) is 0 Å². The predicted molar refractivity (Wildman–Crippen MR) is 270 cm³/mol. The quantitative estimate of drug-likeness (QED) is 0.0173. The van der Waals surface area contributed by atoms with Crippen LogP contribution < -0.4 is 0 Å². The molecule has 0 aromatic carbocycles. The number of allylic oxidation sites excluding steroid dienone is 8. The molecule has 0 saturated carbocycles. The van der Waals surface area contributed by atoms with Gasteiger partial charge < -0.3 is 64.2 Å². The Balaban J connectivity index is 1.80. The van der Waals surface area contributed by atoms with Gasteiger partial charge in [-0.1, -0.05) is 178 Å². The summed E-state index contributed by atoms with van der Waals surface area (Å²) in [5, 5.41) is 72.2. The summed E-state index contributed by atoms with van der Waals surface area (Å²) in [6.07, 6.45) is 29.9. The first kappa shape index (κ1) is 63.6. The maximum Gasteiger partial charge on any atom is 0.306 e. The Morgan fingerprint density at radius 2 is 0.886 bits per heavy atom. The van der Waals surface area contributed by atoms with Gasteiger partial charge in [0.15, 0.2) is 18.7 Å². The highest BCUT2D eigenvalue weighted by Crippen LogP contribution is 2.26. The molecule has 0 aromatic rings. The molecule has 2 saturated heterocycles. The number of hydrogen-bond donors (Lipinski definition) is 7. The normalized spacial score (nSPS) is 25.7. The molecule has 0 bridgehead atoms. The van der Waals surface area contributed by atoms with Gasteiger partial charge in [0.2, 0.25) is 0 Å². The van der Waals surface area contributed by atoms with Gasteiger partial charge in [-0.3, -0.25) is 9.59 Å². The number of ether oxygens (including phenoxy) is 6. The van der Waals surface area contributed by atoms with E-state index < -0.39 is 99.3 Å². The molecule has 2 fully saturated rings. The van der Waals surface area contributed by atoms with E-state index in [1.165, 1.54) is 89.9 Å². The molecular formula is C55H96O15. The molecule has 70 heavy (non-hydrogen) atoms. The van der Waals surface area contributed by atoms with Crippen LogP contribution in [0.15, 0.2) is 48.6 Å². The number of esters is 2. The number of unbranched alkanes of at least 4 members (excludes halogenated alkanes) is 20. The second-order valence-corrected chi connectivity index (χ2v) is 19.1. The topological polar surface area (TPSA) is 231 Å². The molecule has 2 heterocycles. The summed E-state index contributed by atoms with van der Waals surface area (Å²) in [4.78, 5) is 25.8. The second kappa shape index (κ2) is 41.9. The largest absolute Gasteiger partial charge is 0.462 e. The van der Waals surface area contributed by atoms with Crippen LogP contribution in [-0.4, -0.2) is 142 Å². The molecule has 0 spiro atoms. The average Bonchev–Trinajstić information content (AvgIpc) is 3.35. The average molecular weight is 997 g/mol. The van der Waals surface area contributed by atoms with Gasteiger partial charge in [0, 0.05) is 12.8 Å². The van der Waals surface area contributed by atoms with E-state index in [2.05, 4.69) is 62.5 Å². The third kappa shape index (κ3) is 29.2. The number of rotatable bonds is 42. The van der Waals surface area contributed by atoms with Crippen molar-refractivity contribution in [2.75, 3.05) is 26.4 Å². The highest BCUT2D eigenvalue weighted by Gasteiger charge is 2.47. The molecule has 406 valence electrons. The smallest absolute Gasteiger partial charge is 0.306 e. The van der Waals surface area contributed by atoms with E-state index in [0.29, 0.717) is 12.8 Å². The summed E-state index contributed by atoms with van der Waals surface area (Å²) in [7, 11) is 0. The van der Waals surface area contributed by atoms with Gasteiger partial charge in [-0.05, 0) is 51.4 Å². The highest BCUT2D eigenvalue weighted by atomic mass is 16.7. The lowest BCUT2D eigenvalue weighted by atomic mass is 9.98. The summed E-state index contributed by atoms with van der Waals surface area (Å²) < 4.78 is 33.6. The summed E-state index contributed by atoms with van der Waals surface area (Å²) >= 11 is 0. The van der Waals surface area contributed by atoms with Crippen LogP contribution in [-0.2, 0) is 38.0 Å². The lowest BCUT2D eigenvalue weighted by Crippen LogP contribution is -2.61. The molecule has 0 aliphatic carbocycles. The Morgan fingerprint density at radius 3 is 1.40 bits per heavy atom. The molecule has 7 N–H and O–H groups in total. The van der Waals surface area contributed by atoms with Gasteiger partial charge in [0.25, 0.3) is 0 Å². The van der Waals surface area contributed by atoms with Crippen LogP contribution in [0.4, 0.5) is 0 Å². The number of carbonyl (C=O) groups is 2. The van der Waals surface area contributed by atoms with E-state index >= 15 is 0 Å². The van der Waals surface area contributed by atoms with Crippen molar-refractivity contribution in [2.24, 2.45) is 0 Å². The Labute approximate surface area is 420 Å². The SMILES string of the molecule is CCC/C=C/C/C=C/C/C=C/C/C=C/CCCCCC(=O)O[C@@H](COC(=O)CCCCCCCCCCCCCCCCCCC)CO[C@@H]1O[C@H](CO[C@@H]2O[C@H](CO)[C@H](O)C(O)C2O)[C@H](O)C(O)C1O. The van der Waals surface area contributed by atoms with Crippen LogP contribution in [0.2, 0.25) is 0 Å². The molecule has 2 aliphatic rings. The Bertz CT molecular complexity index is 1400. The van der Waals surface area contributed by atoms with E-state index in [1.807, 2.05) is 0 Å². The zero-order valence-corrected chi connectivity index (χ0v) is 43.0. The Morgan fingerprint density at radius 1 is 0.457 bits per heavy atom. The fourth-order valence-corrected chi connectivity index (χ4v) is 8.33. The lowest BCUT2D eigenvalue weighted by Gasteiger charge is -2.42. The van der Waals surface area contributed by atoms with Crippen molar-refractivity contribution >= 4 is 11.9 Å². The van der Waals surface area contributed by atoms with Crippen LogP contribution >= 0.6 is 0 Å². The van der Waals surface area contributed by atoms with Crippen molar-refractivity contribution in [3.8, 4) is 0 Å². The number of hydrogen-bond acceptors (Lipinski definition) is 15. The minimum absolute atomic E-state index is 0.128. The van der Waals surface area contributed by atoms with E-state index in [0.717, 1.165) is 64.2 Å². The lowest BCUT2D eigenvalue weighted by molar-refractivity contribution is -0.332. The molecular weight excluding hydrogens is 901 g/mol. The zero-order chi connectivity index (χ0) is 51.0. The van der Waals surface area contributed by atoms with E-state index in [-0.39, 0.29) is 19.4 Å². The van der Waals surface area contributed by atoms with Crippen molar-refractivity contribution in [3.05, 3.63) is 48.6 Å². The fraction of sp³-hybridized carbons (Fsp3) is 0.818. The minimum Gasteiger partial charge on any atom is -0.462 e. The Kier molecular flexibility index (Phi) is 38.0. The maximum atomic E-state index is 13.0. The maximum absolute atomic E-state index is 13.0. The summed E-state index contributed by atoms with van der Waals surface area (Å²) in [6.45, 7) is 2.50. The summed E-state index contributed by atoms with van der Waals surface area (Å²) in [5.74, 6) is -0.956. The van der Waals surface area contributed by atoms with Crippen LogP contribution in [0.3, 0.4) is 0 Å². The predicted octanol–water partition coefficient (Wildman–Crippen LogP) is 8.27. The first-order valence-electron chi connectivity index (χ1n) is 27.2. The molecule has 4 unspecified atom stereocenters. The van der Waals surface area contributed by atoms with E-state index in [4.69, 9.17) is 28.4 Å². The first-order chi connectivity index (χ1) is 34.0. The van der Waals surface area contributed by atoms with Crippen molar-refractivity contribution in [1.29, 1.82) is 0 Å². The highest BCUT2D eigenvalue weighted by molar-refractivity contribution is 5.70. The van der Waals surface area contributed by atoms with Crippen LogP contribution in [0, 0.1) is 0 Å². The van der Waals surface area contributed by atoms with Gasteiger partial charge in [-0.2, -0.15) is 0 Å². The van der Waals surface area contributed by atoms with Crippen molar-refractivity contribution in [3.63, 3.8) is 0 Å². The standard InChI is InChI=1S/C55H96O15/c1-3-5-7-9-11-13-15-17-19-21-23-25-27-29-31-33-35-37-46(57)65-40-43(68-47(58)38-36-34-32-30-28-26-24-22-20-18-16-14-12-10-8-6-4-2)41-66-54-53(64)51(62)49(60)45(70-54)42-67-55-52(63)50(61)48(59)44(39-56)69-55/h8,10,14,16,20,22,26,28,43-45,48-56,59-64H,3-7,9,11-13,15,17-19,21,23-25,27,29-42H2,1-2H3/b10-8+,16-14+,22-20+,28-26+/t43-,44+,45+,48-,49-,50?,51?,52?,53?,54+,55+/m0/s1. The molecule has 2 aliphatic heterocycles. The first-order valence-corrected chi connectivity index (χ1v) is 27.2. The molecule has 11 atom stereocenters. The molecule has 2 rings (SSSR count). The van der Waals surface area contributed by atoms with Gasteiger partial charge in [-0.15, -0.1) is 0 Å². The van der Waals surface area contributed by atoms with E-state index in [1.54, 1.807) is 0 Å². The molecule has 15 nitrogen and oxygen atoms in total. The molecule has 0 aromatic heterocycles. The molecule has 15 heteroatoms. The summed E-state index contributed by atoms with van der Waals surface area (Å²) in [6, 6.07) is 0. The number of aliphatic hydroxyl groups excluding tert-OH is 7.